The zero-order valence-electron chi connectivity index (χ0n) is 33.9. The third kappa shape index (κ3) is 6.02. The molecule has 0 saturated carbocycles. The van der Waals surface area contributed by atoms with Crippen LogP contribution in [0.15, 0.2) is 237 Å². The SMILES string of the molecule is c1ccc(-c2cc(-c3ccccc3)cc(-c3cccc(-c4ccc5c(c4)c4c(-c6cccc(-n7c8ccccc8c8cccnc87)c6)cccc4n5-c4ccccc4)c3)c2)cc1. The Labute approximate surface area is 360 Å². The lowest BCUT2D eigenvalue weighted by Gasteiger charge is -2.13. The summed E-state index contributed by atoms with van der Waals surface area (Å²) in [4.78, 5) is 4.88. The van der Waals surface area contributed by atoms with Crippen LogP contribution in [0.25, 0.3) is 111 Å². The van der Waals surface area contributed by atoms with Crippen LogP contribution >= 0.6 is 0 Å². The number of aromatic nitrogens is 3. The molecule has 3 heterocycles. The molecule has 12 aromatic rings. The third-order valence-corrected chi connectivity index (χ3v) is 12.3. The molecule has 0 bridgehead atoms. The fourth-order valence-electron chi connectivity index (χ4n) is 9.48. The van der Waals surface area contributed by atoms with E-state index in [0.717, 1.165) is 33.5 Å². The second kappa shape index (κ2) is 14.8. The van der Waals surface area contributed by atoms with Gasteiger partial charge >= 0.3 is 0 Å². The van der Waals surface area contributed by atoms with E-state index < -0.39 is 0 Å². The Hall–Kier alpha value is -8.27. The van der Waals surface area contributed by atoms with Crippen LogP contribution in [0.3, 0.4) is 0 Å². The molecule has 0 unspecified atom stereocenters. The summed E-state index contributed by atoms with van der Waals surface area (Å²) in [7, 11) is 0. The van der Waals surface area contributed by atoms with E-state index in [4.69, 9.17) is 4.98 Å². The predicted octanol–water partition coefficient (Wildman–Crippen LogP) is 15.6. The second-order valence-electron chi connectivity index (χ2n) is 16.0. The van der Waals surface area contributed by atoms with Crippen molar-refractivity contribution in [2.45, 2.75) is 0 Å². The van der Waals surface area contributed by atoms with Crippen molar-refractivity contribution in [1.29, 1.82) is 0 Å². The standard InChI is InChI=1S/C59H39N3/c1-4-16-40(17-5-1)46-35-47(41-18-6-2-7-19-41)37-48(36-46)43-21-12-20-42(34-43)44-31-32-56-54(39-44)58-51(27-14-30-57(58)61(56)49-23-8-3-9-24-49)45-22-13-25-50(38-45)62-55-29-11-10-26-52(55)53-28-15-33-60-59(53)62/h1-39H. The summed E-state index contributed by atoms with van der Waals surface area (Å²) in [6, 6.07) is 83.5. The van der Waals surface area contributed by atoms with Crippen LogP contribution in [0, 0.1) is 0 Å². The molecule has 0 saturated heterocycles. The van der Waals surface area contributed by atoms with E-state index in [1.54, 1.807) is 0 Å². The van der Waals surface area contributed by atoms with Crippen molar-refractivity contribution >= 4 is 43.7 Å². The molecule has 62 heavy (non-hydrogen) atoms. The molecule has 0 N–H and O–H groups in total. The molecule has 9 aromatic carbocycles. The predicted molar refractivity (Wildman–Crippen MR) is 260 cm³/mol. The van der Waals surface area contributed by atoms with Crippen LogP contribution in [0.4, 0.5) is 0 Å². The summed E-state index contributed by atoms with van der Waals surface area (Å²) < 4.78 is 4.71. The number of hydrogen-bond acceptors (Lipinski definition) is 1. The van der Waals surface area contributed by atoms with Gasteiger partial charge < -0.3 is 4.57 Å². The number of fused-ring (bicyclic) bond motifs is 6. The number of pyridine rings is 1. The van der Waals surface area contributed by atoms with Crippen molar-refractivity contribution in [3.8, 4) is 67.0 Å². The molecular weight excluding hydrogens is 751 g/mol. The van der Waals surface area contributed by atoms with Gasteiger partial charge in [0.15, 0.2) is 0 Å². The Morgan fingerprint density at radius 1 is 0.274 bits per heavy atom. The molecule has 0 radical (unpaired) electrons. The highest BCUT2D eigenvalue weighted by Gasteiger charge is 2.19. The van der Waals surface area contributed by atoms with E-state index in [1.165, 1.54) is 77.3 Å². The van der Waals surface area contributed by atoms with Gasteiger partial charge in [0, 0.05) is 39.1 Å². The Morgan fingerprint density at radius 3 is 1.55 bits per heavy atom. The molecule has 0 amide bonds. The van der Waals surface area contributed by atoms with E-state index in [1.807, 2.05) is 12.3 Å². The lowest BCUT2D eigenvalue weighted by molar-refractivity contribution is 1.14. The maximum atomic E-state index is 4.88. The van der Waals surface area contributed by atoms with E-state index in [2.05, 4.69) is 234 Å². The van der Waals surface area contributed by atoms with Crippen LogP contribution in [0.1, 0.15) is 0 Å². The smallest absolute Gasteiger partial charge is 0.145 e. The topological polar surface area (TPSA) is 22.8 Å². The molecule has 12 rings (SSSR count). The maximum Gasteiger partial charge on any atom is 0.145 e. The largest absolute Gasteiger partial charge is 0.309 e. The van der Waals surface area contributed by atoms with Crippen molar-refractivity contribution in [3.63, 3.8) is 0 Å². The van der Waals surface area contributed by atoms with Gasteiger partial charge in [-0.15, -0.1) is 0 Å². The van der Waals surface area contributed by atoms with Gasteiger partial charge in [-0.1, -0.05) is 146 Å². The van der Waals surface area contributed by atoms with Gasteiger partial charge in [-0.2, -0.15) is 0 Å². The van der Waals surface area contributed by atoms with Crippen LogP contribution in [0.5, 0.6) is 0 Å². The fraction of sp³-hybridized carbons (Fsp3) is 0. The highest BCUT2D eigenvalue weighted by Crippen LogP contribution is 2.42. The second-order valence-corrected chi connectivity index (χ2v) is 16.0. The van der Waals surface area contributed by atoms with Crippen molar-refractivity contribution < 1.29 is 0 Å². The van der Waals surface area contributed by atoms with Crippen LogP contribution in [-0.4, -0.2) is 14.1 Å². The molecule has 0 aliphatic carbocycles. The Kier molecular flexibility index (Phi) is 8.50. The van der Waals surface area contributed by atoms with Gasteiger partial charge in [-0.25, -0.2) is 4.98 Å². The Bertz CT molecular complexity index is 3510. The van der Waals surface area contributed by atoms with Crippen molar-refractivity contribution in [1.82, 2.24) is 14.1 Å². The summed E-state index contributed by atoms with van der Waals surface area (Å²) in [5, 5.41) is 4.79. The van der Waals surface area contributed by atoms with E-state index in [-0.39, 0.29) is 0 Å². The van der Waals surface area contributed by atoms with Gasteiger partial charge in [-0.3, -0.25) is 4.57 Å². The molecular formula is C59H39N3. The van der Waals surface area contributed by atoms with Crippen LogP contribution in [-0.2, 0) is 0 Å². The quantitative estimate of drug-likeness (QED) is 0.158. The normalized spacial score (nSPS) is 11.5. The lowest BCUT2D eigenvalue weighted by atomic mass is 9.92. The minimum atomic E-state index is 0.958. The first kappa shape index (κ1) is 35.7. The van der Waals surface area contributed by atoms with Crippen molar-refractivity contribution in [2.24, 2.45) is 0 Å². The Morgan fingerprint density at radius 2 is 0.790 bits per heavy atom. The maximum absolute atomic E-state index is 4.88. The van der Waals surface area contributed by atoms with Gasteiger partial charge in [0.1, 0.15) is 5.65 Å². The molecule has 290 valence electrons. The lowest BCUT2D eigenvalue weighted by Crippen LogP contribution is -1.96. The molecule has 3 aromatic heterocycles. The summed E-state index contributed by atoms with van der Waals surface area (Å²) >= 11 is 0. The molecule has 0 atom stereocenters. The minimum Gasteiger partial charge on any atom is -0.309 e. The molecule has 0 spiro atoms. The van der Waals surface area contributed by atoms with Crippen LogP contribution in [0.2, 0.25) is 0 Å². The highest BCUT2D eigenvalue weighted by molar-refractivity contribution is 6.17. The number of nitrogens with zero attached hydrogens (tertiary/aromatic N) is 3. The minimum absolute atomic E-state index is 0.958. The zero-order valence-corrected chi connectivity index (χ0v) is 33.9. The molecule has 3 heteroatoms. The molecule has 0 fully saturated rings. The summed E-state index contributed by atoms with van der Waals surface area (Å²) in [6.45, 7) is 0. The first-order chi connectivity index (χ1) is 30.7. The summed E-state index contributed by atoms with van der Waals surface area (Å²) in [5.74, 6) is 0. The summed E-state index contributed by atoms with van der Waals surface area (Å²) in [5.41, 5.74) is 18.5. The first-order valence-electron chi connectivity index (χ1n) is 21.2. The first-order valence-corrected chi connectivity index (χ1v) is 21.2. The number of hydrogen-bond donors (Lipinski definition) is 0. The molecule has 3 nitrogen and oxygen atoms in total. The monoisotopic (exact) mass is 789 g/mol. The van der Waals surface area contributed by atoms with E-state index in [0.29, 0.717) is 0 Å². The van der Waals surface area contributed by atoms with Crippen molar-refractivity contribution in [2.75, 3.05) is 0 Å². The van der Waals surface area contributed by atoms with Gasteiger partial charge in [0.05, 0.1) is 16.6 Å². The van der Waals surface area contributed by atoms with Gasteiger partial charge in [0.25, 0.3) is 0 Å². The number of para-hydroxylation sites is 2. The average molecular weight is 790 g/mol. The van der Waals surface area contributed by atoms with E-state index in [9.17, 15) is 0 Å². The van der Waals surface area contributed by atoms with Crippen molar-refractivity contribution in [3.05, 3.63) is 237 Å². The molecule has 0 aliphatic heterocycles. The van der Waals surface area contributed by atoms with Gasteiger partial charge in [0.2, 0.25) is 0 Å². The fourth-order valence-corrected chi connectivity index (χ4v) is 9.48. The molecule has 0 aliphatic rings. The van der Waals surface area contributed by atoms with Crippen LogP contribution < -0.4 is 0 Å². The number of rotatable bonds is 7. The highest BCUT2D eigenvalue weighted by atomic mass is 15.0. The van der Waals surface area contributed by atoms with Gasteiger partial charge in [-0.05, 0) is 141 Å². The van der Waals surface area contributed by atoms with E-state index >= 15 is 0 Å². The zero-order chi connectivity index (χ0) is 41.0. The third-order valence-electron chi connectivity index (χ3n) is 12.3. The Balaban J connectivity index is 1.04. The average Bonchev–Trinajstić information content (AvgIpc) is 3.87. The number of benzene rings is 9. The summed E-state index contributed by atoms with van der Waals surface area (Å²) in [6.07, 6.45) is 1.89.